The Morgan fingerprint density at radius 3 is 1.93 bits per heavy atom. The molecule has 6 heteroatoms. The predicted molar refractivity (Wildman–Crippen MR) is 123 cm³/mol. The maximum Gasteiger partial charge on any atom is 0.343 e. The largest absolute Gasteiger partial charge is 0.494 e. The number of carbonyl (C=O) groups excluding carboxylic acids is 1. The van der Waals surface area contributed by atoms with Crippen molar-refractivity contribution in [2.24, 2.45) is 0 Å². The average Bonchev–Trinajstić information content (AvgIpc) is 2.71. The van der Waals surface area contributed by atoms with Crippen LogP contribution < -0.4 is 14.2 Å². The topological polar surface area (TPSA) is 54.0 Å². The van der Waals surface area contributed by atoms with Crippen LogP contribution in [0.5, 0.6) is 17.2 Å². The standard InChI is InChI=1S/C24H34O5Si/c1-5-6-16-26-21-12-14-22(15-13-21)28-23(25)19-8-10-20(11-9-19)27-17-7-18-30-29-24(2,3)4/h8-15H,5-7,16-18,30H2,1-4H3. The molecule has 0 aliphatic heterocycles. The van der Waals surface area contributed by atoms with Gasteiger partial charge in [0.2, 0.25) is 0 Å². The summed E-state index contributed by atoms with van der Waals surface area (Å²) in [6, 6.07) is 15.2. The normalized spacial score (nSPS) is 11.6. The second kappa shape index (κ2) is 12.4. The van der Waals surface area contributed by atoms with Crippen molar-refractivity contribution in [3.63, 3.8) is 0 Å². The molecule has 5 nitrogen and oxygen atoms in total. The highest BCUT2D eigenvalue weighted by atomic mass is 28.2. The molecule has 164 valence electrons. The van der Waals surface area contributed by atoms with Crippen LogP contribution in [0.4, 0.5) is 0 Å². The zero-order valence-electron chi connectivity index (χ0n) is 18.6. The Bertz CT molecular complexity index is 751. The number of esters is 1. The van der Waals surface area contributed by atoms with Crippen molar-refractivity contribution in [2.45, 2.75) is 58.6 Å². The van der Waals surface area contributed by atoms with Crippen LogP contribution in [0.15, 0.2) is 48.5 Å². The fraction of sp³-hybridized carbons (Fsp3) is 0.458. The fourth-order valence-electron chi connectivity index (χ4n) is 2.56. The smallest absolute Gasteiger partial charge is 0.343 e. The van der Waals surface area contributed by atoms with Crippen molar-refractivity contribution < 1.29 is 23.4 Å². The van der Waals surface area contributed by atoms with Crippen LogP contribution in [0.1, 0.15) is 57.3 Å². The molecule has 30 heavy (non-hydrogen) atoms. The van der Waals surface area contributed by atoms with Crippen molar-refractivity contribution in [1.29, 1.82) is 0 Å². The summed E-state index contributed by atoms with van der Waals surface area (Å²) in [5, 5.41) is 0. The molecule has 0 fully saturated rings. The fourth-order valence-corrected chi connectivity index (χ4v) is 3.73. The van der Waals surface area contributed by atoms with Crippen LogP contribution in [0, 0.1) is 0 Å². The molecule has 2 aromatic carbocycles. The highest BCUT2D eigenvalue weighted by molar-refractivity contribution is 6.27. The summed E-state index contributed by atoms with van der Waals surface area (Å²) in [7, 11) is -0.497. The summed E-state index contributed by atoms with van der Waals surface area (Å²) >= 11 is 0. The Balaban J connectivity index is 1.73. The van der Waals surface area contributed by atoms with Gasteiger partial charge in [-0.25, -0.2) is 4.79 Å². The zero-order valence-corrected chi connectivity index (χ0v) is 20.0. The lowest BCUT2D eigenvalue weighted by Gasteiger charge is -2.19. The first-order chi connectivity index (χ1) is 14.4. The average molecular weight is 431 g/mol. The highest BCUT2D eigenvalue weighted by Crippen LogP contribution is 2.20. The molecule has 0 unspecified atom stereocenters. The number of carbonyl (C=O) groups is 1. The zero-order chi connectivity index (χ0) is 21.8. The van der Waals surface area contributed by atoms with Gasteiger partial charge in [-0.2, -0.15) is 0 Å². The third-order valence-electron chi connectivity index (χ3n) is 4.23. The van der Waals surface area contributed by atoms with E-state index in [1.54, 1.807) is 36.4 Å². The van der Waals surface area contributed by atoms with Gasteiger partial charge in [-0.05, 0) is 88.2 Å². The van der Waals surface area contributed by atoms with Gasteiger partial charge >= 0.3 is 5.97 Å². The maximum atomic E-state index is 12.3. The lowest BCUT2D eigenvalue weighted by Crippen LogP contribution is -2.21. The van der Waals surface area contributed by atoms with Gasteiger partial charge in [0.1, 0.15) is 17.2 Å². The number of benzene rings is 2. The van der Waals surface area contributed by atoms with Crippen molar-refractivity contribution in [2.75, 3.05) is 13.2 Å². The molecule has 0 N–H and O–H groups in total. The summed E-state index contributed by atoms with van der Waals surface area (Å²) in [5.74, 6) is 1.62. The van der Waals surface area contributed by atoms with E-state index < -0.39 is 15.7 Å². The van der Waals surface area contributed by atoms with Crippen LogP contribution in [0.2, 0.25) is 6.04 Å². The lowest BCUT2D eigenvalue weighted by molar-refractivity contribution is 0.0734. The number of ether oxygens (including phenoxy) is 3. The van der Waals surface area contributed by atoms with Crippen LogP contribution in [0.25, 0.3) is 0 Å². The second-order valence-corrected chi connectivity index (χ2v) is 9.51. The molecular formula is C24H34O5Si. The van der Waals surface area contributed by atoms with Gasteiger partial charge in [-0.3, -0.25) is 0 Å². The second-order valence-electron chi connectivity index (χ2n) is 8.10. The van der Waals surface area contributed by atoms with E-state index in [1.807, 2.05) is 12.1 Å². The van der Waals surface area contributed by atoms with Gasteiger partial charge in [0, 0.05) is 5.60 Å². The molecule has 0 radical (unpaired) electrons. The number of hydrogen-bond donors (Lipinski definition) is 0. The van der Waals surface area contributed by atoms with Gasteiger partial charge < -0.3 is 18.6 Å². The van der Waals surface area contributed by atoms with Gasteiger partial charge in [0.05, 0.1) is 18.8 Å². The van der Waals surface area contributed by atoms with Crippen LogP contribution in [-0.4, -0.2) is 34.5 Å². The van der Waals surface area contributed by atoms with E-state index >= 15 is 0 Å². The third kappa shape index (κ3) is 9.46. The summed E-state index contributed by atoms with van der Waals surface area (Å²) < 4.78 is 22.6. The minimum absolute atomic E-state index is 0.0397. The van der Waals surface area contributed by atoms with E-state index in [0.29, 0.717) is 24.5 Å². The molecule has 0 spiro atoms. The van der Waals surface area contributed by atoms with Crippen LogP contribution in [-0.2, 0) is 4.43 Å². The molecular weight excluding hydrogens is 396 g/mol. The van der Waals surface area contributed by atoms with Gasteiger partial charge in [0.15, 0.2) is 9.76 Å². The van der Waals surface area contributed by atoms with Crippen molar-refractivity contribution in [3.05, 3.63) is 54.1 Å². The van der Waals surface area contributed by atoms with Crippen molar-refractivity contribution in [3.8, 4) is 17.2 Å². The Morgan fingerprint density at radius 2 is 1.37 bits per heavy atom. The Kier molecular flexibility index (Phi) is 9.90. The predicted octanol–water partition coefficient (Wildman–Crippen LogP) is 5.17. The van der Waals surface area contributed by atoms with E-state index in [4.69, 9.17) is 18.6 Å². The lowest BCUT2D eigenvalue weighted by atomic mass is 10.2. The molecule has 0 bridgehead atoms. The monoisotopic (exact) mass is 430 g/mol. The molecule has 0 saturated carbocycles. The summed E-state index contributed by atoms with van der Waals surface area (Å²) in [6.07, 6.45) is 3.08. The molecule has 0 saturated heterocycles. The first-order valence-electron chi connectivity index (χ1n) is 10.7. The third-order valence-corrected chi connectivity index (χ3v) is 6.09. The molecule has 2 aromatic rings. The Morgan fingerprint density at radius 1 is 0.833 bits per heavy atom. The quantitative estimate of drug-likeness (QED) is 0.201. The first-order valence-corrected chi connectivity index (χ1v) is 12.3. The Labute approximate surface area is 182 Å². The van der Waals surface area contributed by atoms with E-state index in [2.05, 4.69) is 27.7 Å². The minimum Gasteiger partial charge on any atom is -0.494 e. The van der Waals surface area contributed by atoms with E-state index in [1.165, 1.54) is 0 Å². The molecule has 0 heterocycles. The van der Waals surface area contributed by atoms with E-state index in [9.17, 15) is 4.79 Å². The van der Waals surface area contributed by atoms with Crippen LogP contribution >= 0.6 is 0 Å². The number of unbranched alkanes of at least 4 members (excludes halogenated alkanes) is 1. The molecule has 0 aliphatic rings. The minimum atomic E-state index is -0.497. The van der Waals surface area contributed by atoms with Gasteiger partial charge in [-0.15, -0.1) is 0 Å². The van der Waals surface area contributed by atoms with E-state index in [0.717, 1.165) is 36.8 Å². The van der Waals surface area contributed by atoms with Crippen molar-refractivity contribution in [1.82, 2.24) is 0 Å². The summed E-state index contributed by atoms with van der Waals surface area (Å²) in [5.41, 5.74) is 0.443. The number of hydrogen-bond acceptors (Lipinski definition) is 5. The molecule has 0 atom stereocenters. The SMILES string of the molecule is CCCCOc1ccc(OC(=O)c2ccc(OCCC[SiH2]OC(C)(C)C)cc2)cc1. The van der Waals surface area contributed by atoms with E-state index in [-0.39, 0.29) is 5.60 Å². The molecule has 0 aromatic heterocycles. The Hall–Kier alpha value is -2.31. The molecule has 0 amide bonds. The molecule has 0 aliphatic carbocycles. The number of rotatable bonds is 12. The first kappa shape index (κ1) is 24.0. The summed E-state index contributed by atoms with van der Waals surface area (Å²) in [4.78, 5) is 12.3. The van der Waals surface area contributed by atoms with Crippen LogP contribution in [0.3, 0.4) is 0 Å². The van der Waals surface area contributed by atoms with Crippen molar-refractivity contribution >= 4 is 15.7 Å². The highest BCUT2D eigenvalue weighted by Gasteiger charge is 2.10. The maximum absolute atomic E-state index is 12.3. The molecule has 2 rings (SSSR count). The summed E-state index contributed by atoms with van der Waals surface area (Å²) in [6.45, 7) is 9.72. The van der Waals surface area contributed by atoms with Gasteiger partial charge in [0.25, 0.3) is 0 Å². The van der Waals surface area contributed by atoms with Gasteiger partial charge in [-0.1, -0.05) is 13.3 Å².